The maximum atomic E-state index is 13.3. The average Bonchev–Trinajstić information content (AvgIpc) is 3.01. The molecular weight excluding hydrogens is 299 g/mol. The Morgan fingerprint density at radius 2 is 1.95 bits per heavy atom. The molecule has 0 aliphatic carbocycles. The Morgan fingerprint density at radius 3 is 2.77 bits per heavy atom. The SMILES string of the molecule is Fc1cccc(-n2nnnc2SC/C=C/c2ccccc2)c1. The summed E-state index contributed by atoms with van der Waals surface area (Å²) in [4.78, 5) is 0. The van der Waals surface area contributed by atoms with E-state index in [9.17, 15) is 4.39 Å². The minimum absolute atomic E-state index is 0.312. The Labute approximate surface area is 131 Å². The van der Waals surface area contributed by atoms with E-state index < -0.39 is 0 Å². The predicted molar refractivity (Wildman–Crippen MR) is 85.3 cm³/mol. The number of aromatic nitrogens is 4. The zero-order valence-corrected chi connectivity index (χ0v) is 12.4. The van der Waals surface area contributed by atoms with Gasteiger partial charge in [-0.3, -0.25) is 0 Å². The Balaban J connectivity index is 1.67. The summed E-state index contributed by atoms with van der Waals surface area (Å²) >= 11 is 1.49. The first-order valence-electron chi connectivity index (χ1n) is 6.71. The van der Waals surface area contributed by atoms with Crippen molar-refractivity contribution < 1.29 is 4.39 Å². The van der Waals surface area contributed by atoms with Gasteiger partial charge < -0.3 is 0 Å². The summed E-state index contributed by atoms with van der Waals surface area (Å²) in [5.41, 5.74) is 1.76. The van der Waals surface area contributed by atoms with Gasteiger partial charge in [-0.1, -0.05) is 60.3 Å². The fourth-order valence-corrected chi connectivity index (χ4v) is 2.61. The number of hydrogen-bond acceptors (Lipinski definition) is 4. The number of benzene rings is 2. The zero-order valence-electron chi connectivity index (χ0n) is 11.6. The van der Waals surface area contributed by atoms with Gasteiger partial charge in [0.1, 0.15) is 5.82 Å². The van der Waals surface area contributed by atoms with E-state index in [-0.39, 0.29) is 5.82 Å². The van der Waals surface area contributed by atoms with Crippen LogP contribution in [0.15, 0.2) is 65.8 Å². The van der Waals surface area contributed by atoms with Crippen LogP contribution in [-0.4, -0.2) is 26.0 Å². The van der Waals surface area contributed by atoms with E-state index >= 15 is 0 Å². The highest BCUT2D eigenvalue weighted by atomic mass is 32.2. The van der Waals surface area contributed by atoms with Gasteiger partial charge >= 0.3 is 0 Å². The molecular formula is C16H13FN4S. The van der Waals surface area contributed by atoms with Crippen molar-refractivity contribution >= 4 is 17.8 Å². The number of tetrazole rings is 1. The Hall–Kier alpha value is -2.47. The van der Waals surface area contributed by atoms with Crippen LogP contribution in [0.1, 0.15) is 5.56 Å². The van der Waals surface area contributed by atoms with Crippen LogP contribution < -0.4 is 0 Å². The maximum absolute atomic E-state index is 13.3. The fraction of sp³-hybridized carbons (Fsp3) is 0.0625. The molecule has 0 bridgehead atoms. The van der Waals surface area contributed by atoms with Crippen molar-refractivity contribution in [1.29, 1.82) is 0 Å². The van der Waals surface area contributed by atoms with Crippen molar-refractivity contribution in [2.24, 2.45) is 0 Å². The normalized spacial score (nSPS) is 11.1. The van der Waals surface area contributed by atoms with Gasteiger partial charge in [0.2, 0.25) is 5.16 Å². The van der Waals surface area contributed by atoms with E-state index in [0.29, 0.717) is 10.8 Å². The Morgan fingerprint density at radius 1 is 1.09 bits per heavy atom. The van der Waals surface area contributed by atoms with Gasteiger partial charge in [0.25, 0.3) is 0 Å². The standard InChI is InChI=1S/C16H13FN4S/c17-14-9-4-10-15(12-14)21-16(18-19-20-21)22-11-5-8-13-6-2-1-3-7-13/h1-10,12H,11H2/b8-5+. The molecule has 0 aliphatic rings. The van der Waals surface area contributed by atoms with Crippen molar-refractivity contribution in [3.8, 4) is 5.69 Å². The van der Waals surface area contributed by atoms with E-state index in [2.05, 4.69) is 15.5 Å². The summed E-state index contributed by atoms with van der Waals surface area (Å²) in [6.07, 6.45) is 4.09. The first kappa shape index (κ1) is 14.5. The summed E-state index contributed by atoms with van der Waals surface area (Å²) in [7, 11) is 0. The molecule has 1 heterocycles. The van der Waals surface area contributed by atoms with Crippen molar-refractivity contribution in [3.05, 3.63) is 72.1 Å². The minimum atomic E-state index is -0.312. The lowest BCUT2D eigenvalue weighted by Gasteiger charge is -2.02. The molecule has 0 spiro atoms. The van der Waals surface area contributed by atoms with Crippen LogP contribution in [0.25, 0.3) is 11.8 Å². The van der Waals surface area contributed by atoms with E-state index in [4.69, 9.17) is 0 Å². The number of nitrogens with zero attached hydrogens (tertiary/aromatic N) is 4. The largest absolute Gasteiger partial charge is 0.214 e. The Bertz CT molecular complexity index is 771. The van der Waals surface area contributed by atoms with E-state index in [1.165, 1.54) is 28.6 Å². The lowest BCUT2D eigenvalue weighted by molar-refractivity contribution is 0.623. The van der Waals surface area contributed by atoms with Crippen molar-refractivity contribution in [1.82, 2.24) is 20.2 Å². The summed E-state index contributed by atoms with van der Waals surface area (Å²) in [6, 6.07) is 16.3. The zero-order chi connectivity index (χ0) is 15.2. The Kier molecular flexibility index (Phi) is 4.60. The first-order valence-corrected chi connectivity index (χ1v) is 7.70. The van der Waals surface area contributed by atoms with Gasteiger partial charge in [-0.05, 0) is 34.2 Å². The van der Waals surface area contributed by atoms with Gasteiger partial charge in [-0.15, -0.1) is 5.10 Å². The van der Waals surface area contributed by atoms with Crippen LogP contribution >= 0.6 is 11.8 Å². The van der Waals surface area contributed by atoms with Crippen LogP contribution in [0.3, 0.4) is 0 Å². The molecule has 0 aliphatic heterocycles. The topological polar surface area (TPSA) is 43.6 Å². The monoisotopic (exact) mass is 312 g/mol. The molecule has 0 atom stereocenters. The third-order valence-electron chi connectivity index (χ3n) is 2.91. The molecule has 1 aromatic heterocycles. The second-order valence-corrected chi connectivity index (χ2v) is 5.46. The molecule has 110 valence electrons. The van der Waals surface area contributed by atoms with Gasteiger partial charge in [-0.2, -0.15) is 4.68 Å². The molecule has 22 heavy (non-hydrogen) atoms. The lowest BCUT2D eigenvalue weighted by Crippen LogP contribution is -1.99. The number of hydrogen-bond donors (Lipinski definition) is 0. The van der Waals surface area contributed by atoms with Crippen molar-refractivity contribution in [2.75, 3.05) is 5.75 Å². The summed E-state index contributed by atoms with van der Waals surface area (Å²) in [6.45, 7) is 0. The van der Waals surface area contributed by atoms with Gasteiger partial charge in [0, 0.05) is 5.75 Å². The highest BCUT2D eigenvalue weighted by Crippen LogP contribution is 2.19. The molecule has 0 fully saturated rings. The first-order chi connectivity index (χ1) is 10.8. The minimum Gasteiger partial charge on any atom is -0.207 e. The molecule has 3 rings (SSSR count). The molecule has 0 saturated heterocycles. The second-order valence-electron chi connectivity index (χ2n) is 4.48. The maximum Gasteiger partial charge on any atom is 0.214 e. The molecule has 0 amide bonds. The van der Waals surface area contributed by atoms with E-state index in [1.807, 2.05) is 42.5 Å². The molecule has 0 radical (unpaired) electrons. The van der Waals surface area contributed by atoms with Crippen LogP contribution in [-0.2, 0) is 0 Å². The van der Waals surface area contributed by atoms with Crippen molar-refractivity contribution in [3.63, 3.8) is 0 Å². The molecule has 3 aromatic rings. The molecule has 6 heteroatoms. The van der Waals surface area contributed by atoms with Gasteiger partial charge in [0.05, 0.1) is 5.69 Å². The van der Waals surface area contributed by atoms with E-state index in [1.54, 1.807) is 12.1 Å². The van der Waals surface area contributed by atoms with Crippen LogP contribution in [0.5, 0.6) is 0 Å². The molecule has 4 nitrogen and oxygen atoms in total. The third-order valence-corrected chi connectivity index (χ3v) is 3.78. The molecule has 0 unspecified atom stereocenters. The summed E-state index contributed by atoms with van der Waals surface area (Å²) in [5, 5.41) is 12.2. The van der Waals surface area contributed by atoms with E-state index in [0.717, 1.165) is 11.3 Å². The van der Waals surface area contributed by atoms with Crippen LogP contribution in [0.4, 0.5) is 4.39 Å². The molecule has 2 aromatic carbocycles. The number of rotatable bonds is 5. The molecule has 0 N–H and O–H groups in total. The van der Waals surface area contributed by atoms with Crippen molar-refractivity contribution in [2.45, 2.75) is 5.16 Å². The highest BCUT2D eigenvalue weighted by Gasteiger charge is 2.08. The number of thioether (sulfide) groups is 1. The summed E-state index contributed by atoms with van der Waals surface area (Å²) < 4.78 is 14.8. The average molecular weight is 312 g/mol. The number of halogens is 1. The van der Waals surface area contributed by atoms with Crippen LogP contribution in [0, 0.1) is 5.82 Å². The van der Waals surface area contributed by atoms with Gasteiger partial charge in [-0.25, -0.2) is 4.39 Å². The third kappa shape index (κ3) is 3.59. The van der Waals surface area contributed by atoms with Gasteiger partial charge in [0.15, 0.2) is 0 Å². The van der Waals surface area contributed by atoms with Crippen LogP contribution in [0.2, 0.25) is 0 Å². The summed E-state index contributed by atoms with van der Waals surface area (Å²) in [5.74, 6) is 0.415. The predicted octanol–water partition coefficient (Wildman–Crippen LogP) is 3.61. The fourth-order valence-electron chi connectivity index (χ4n) is 1.91. The quantitative estimate of drug-likeness (QED) is 0.675. The smallest absolute Gasteiger partial charge is 0.207 e. The molecule has 0 saturated carbocycles. The second kappa shape index (κ2) is 7.00. The highest BCUT2D eigenvalue weighted by molar-refractivity contribution is 7.99. The lowest BCUT2D eigenvalue weighted by atomic mass is 10.2.